The Hall–Kier alpha value is -2.87. The van der Waals surface area contributed by atoms with Crippen LogP contribution in [0.25, 0.3) is 0 Å². The van der Waals surface area contributed by atoms with Gasteiger partial charge in [0.05, 0.1) is 21.0 Å². The molecule has 0 spiro atoms. The van der Waals surface area contributed by atoms with E-state index in [1.165, 1.54) is 12.1 Å². The number of non-ortho nitro benzene ring substituents is 1. The van der Waals surface area contributed by atoms with Crippen LogP contribution in [0.1, 0.15) is 36.8 Å². The molecule has 146 valence electrons. The molecule has 0 bridgehead atoms. The first kappa shape index (κ1) is 19.9. The van der Waals surface area contributed by atoms with Gasteiger partial charge in [-0.2, -0.15) is 0 Å². The zero-order chi connectivity index (χ0) is 20.0. The lowest BCUT2D eigenvalue weighted by molar-refractivity contribution is -0.384. The number of benzene rings is 1. The van der Waals surface area contributed by atoms with E-state index in [1.54, 1.807) is 18.3 Å². The second-order valence-corrected chi connectivity index (χ2v) is 7.08. The molecule has 1 N–H and O–H groups in total. The van der Waals surface area contributed by atoms with Crippen molar-refractivity contribution in [2.45, 2.75) is 37.7 Å². The summed E-state index contributed by atoms with van der Waals surface area (Å²) in [6, 6.07) is 10.2. The van der Waals surface area contributed by atoms with Gasteiger partial charge >= 0.3 is 0 Å². The highest BCUT2D eigenvalue weighted by molar-refractivity contribution is 7.80. The van der Waals surface area contributed by atoms with E-state index in [0.717, 1.165) is 42.5 Å². The first-order valence-corrected chi connectivity index (χ1v) is 9.54. The predicted octanol–water partition coefficient (Wildman–Crippen LogP) is 3.92. The monoisotopic (exact) mass is 398 g/mol. The minimum Gasteiger partial charge on any atom is -0.391 e. The van der Waals surface area contributed by atoms with Crippen molar-refractivity contribution < 1.29 is 9.76 Å². The van der Waals surface area contributed by atoms with Crippen LogP contribution in [0.2, 0.25) is 0 Å². The maximum atomic E-state index is 10.8. The SMILES string of the molecule is CNC(=S)C1(c2cccnc2)CCCCC1=NOCc1ccc([N+](=O)[O-])cc1. The number of rotatable bonds is 6. The molecule has 0 radical (unpaired) electrons. The average Bonchev–Trinajstić information content (AvgIpc) is 2.74. The second kappa shape index (κ2) is 8.88. The summed E-state index contributed by atoms with van der Waals surface area (Å²) in [6.07, 6.45) is 7.27. The van der Waals surface area contributed by atoms with E-state index in [1.807, 2.05) is 25.4 Å². The zero-order valence-corrected chi connectivity index (χ0v) is 16.4. The number of thiocarbonyl (C=S) groups is 1. The Labute approximate surface area is 169 Å². The van der Waals surface area contributed by atoms with Gasteiger partial charge in [-0.1, -0.05) is 29.9 Å². The fraction of sp³-hybridized carbons (Fsp3) is 0.350. The van der Waals surface area contributed by atoms with Crippen LogP contribution in [0.15, 0.2) is 53.9 Å². The molecular formula is C20H22N4O3S. The van der Waals surface area contributed by atoms with Crippen molar-refractivity contribution in [2.24, 2.45) is 5.16 Å². The third-order valence-corrected chi connectivity index (χ3v) is 5.58. The number of nitro groups is 1. The standard InChI is InChI=1S/C20H22N4O3S/c1-21-19(28)20(16-5-4-12-22-13-16)11-3-2-6-18(20)23-27-14-15-7-9-17(10-8-15)24(25)26/h4-5,7-10,12-13H,2-3,6,11,14H2,1H3,(H,21,28). The van der Waals surface area contributed by atoms with Crippen LogP contribution in [0, 0.1) is 10.1 Å². The number of nitrogens with zero attached hydrogens (tertiary/aromatic N) is 3. The molecule has 0 aliphatic heterocycles. The van der Waals surface area contributed by atoms with Crippen molar-refractivity contribution in [3.63, 3.8) is 0 Å². The molecular weight excluding hydrogens is 376 g/mol. The van der Waals surface area contributed by atoms with E-state index in [2.05, 4.69) is 15.5 Å². The summed E-state index contributed by atoms with van der Waals surface area (Å²) in [7, 11) is 1.82. The summed E-state index contributed by atoms with van der Waals surface area (Å²) in [5.74, 6) is 0. The summed E-state index contributed by atoms with van der Waals surface area (Å²) in [5, 5.41) is 18.4. The second-order valence-electron chi connectivity index (χ2n) is 6.67. The molecule has 1 atom stereocenters. The molecule has 1 saturated carbocycles. The Balaban J connectivity index is 1.84. The number of oxime groups is 1. The molecule has 28 heavy (non-hydrogen) atoms. The van der Waals surface area contributed by atoms with Crippen LogP contribution < -0.4 is 5.32 Å². The maximum absolute atomic E-state index is 10.8. The van der Waals surface area contributed by atoms with E-state index in [0.29, 0.717) is 4.99 Å². The molecule has 1 aromatic carbocycles. The van der Waals surface area contributed by atoms with Crippen LogP contribution in [0.3, 0.4) is 0 Å². The summed E-state index contributed by atoms with van der Waals surface area (Å²) in [6.45, 7) is 0.233. The first-order valence-electron chi connectivity index (χ1n) is 9.13. The minimum atomic E-state index is -0.522. The highest BCUT2D eigenvalue weighted by atomic mass is 32.1. The number of pyridine rings is 1. The molecule has 1 heterocycles. The topological polar surface area (TPSA) is 89.7 Å². The van der Waals surface area contributed by atoms with Crippen molar-refractivity contribution >= 4 is 28.6 Å². The molecule has 0 saturated heterocycles. The van der Waals surface area contributed by atoms with Gasteiger partial charge in [0.25, 0.3) is 5.69 Å². The van der Waals surface area contributed by atoms with Gasteiger partial charge in [0.2, 0.25) is 0 Å². The van der Waals surface area contributed by atoms with Crippen molar-refractivity contribution in [1.29, 1.82) is 0 Å². The van der Waals surface area contributed by atoms with Gasteiger partial charge in [0.15, 0.2) is 0 Å². The van der Waals surface area contributed by atoms with Crippen molar-refractivity contribution in [2.75, 3.05) is 7.05 Å². The summed E-state index contributed by atoms with van der Waals surface area (Å²) in [5.41, 5.74) is 2.23. The molecule has 3 rings (SSSR count). The number of likely N-dealkylation sites (N-methyl/N-ethyl adjacent to an activating group) is 1. The van der Waals surface area contributed by atoms with E-state index in [-0.39, 0.29) is 12.3 Å². The fourth-order valence-corrected chi connectivity index (χ4v) is 3.92. The molecule has 1 aliphatic rings. The lowest BCUT2D eigenvalue weighted by atomic mass is 9.68. The Kier molecular flexibility index (Phi) is 6.30. The largest absolute Gasteiger partial charge is 0.391 e. The number of nitro benzene ring substituents is 1. The lowest BCUT2D eigenvalue weighted by Gasteiger charge is -2.38. The van der Waals surface area contributed by atoms with Gasteiger partial charge in [0.1, 0.15) is 6.61 Å². The summed E-state index contributed by atoms with van der Waals surface area (Å²) >= 11 is 5.69. The van der Waals surface area contributed by atoms with Crippen LogP contribution in [-0.2, 0) is 16.9 Å². The van der Waals surface area contributed by atoms with Gasteiger partial charge in [-0.15, -0.1) is 0 Å². The van der Waals surface area contributed by atoms with E-state index in [9.17, 15) is 10.1 Å². The number of hydrogen-bond acceptors (Lipinski definition) is 6. The van der Waals surface area contributed by atoms with Crippen molar-refractivity contribution in [3.05, 3.63) is 70.0 Å². The van der Waals surface area contributed by atoms with Gasteiger partial charge in [0, 0.05) is 31.6 Å². The smallest absolute Gasteiger partial charge is 0.269 e. The van der Waals surface area contributed by atoms with E-state index < -0.39 is 10.3 Å². The highest BCUT2D eigenvalue weighted by Gasteiger charge is 2.44. The van der Waals surface area contributed by atoms with Crippen LogP contribution >= 0.6 is 12.2 Å². The van der Waals surface area contributed by atoms with E-state index >= 15 is 0 Å². The van der Waals surface area contributed by atoms with Crippen molar-refractivity contribution in [3.8, 4) is 0 Å². The molecule has 0 amide bonds. The van der Waals surface area contributed by atoms with Gasteiger partial charge in [-0.3, -0.25) is 15.1 Å². The highest BCUT2D eigenvalue weighted by Crippen LogP contribution is 2.38. The van der Waals surface area contributed by atoms with E-state index in [4.69, 9.17) is 17.1 Å². The Morgan fingerprint density at radius 1 is 1.36 bits per heavy atom. The summed E-state index contributed by atoms with van der Waals surface area (Å²) in [4.78, 5) is 21.0. The predicted molar refractivity (Wildman–Crippen MR) is 111 cm³/mol. The lowest BCUT2D eigenvalue weighted by Crippen LogP contribution is -2.50. The van der Waals surface area contributed by atoms with Crippen LogP contribution in [0.5, 0.6) is 0 Å². The molecule has 1 aliphatic carbocycles. The molecule has 2 aromatic rings. The summed E-state index contributed by atoms with van der Waals surface area (Å²) < 4.78 is 0. The Morgan fingerprint density at radius 2 is 2.14 bits per heavy atom. The van der Waals surface area contributed by atoms with Crippen LogP contribution in [0.4, 0.5) is 5.69 Å². The third-order valence-electron chi connectivity index (χ3n) is 5.03. The average molecular weight is 398 g/mol. The van der Waals surface area contributed by atoms with Gasteiger partial charge in [-0.05, 0) is 48.6 Å². The Morgan fingerprint density at radius 3 is 2.79 bits per heavy atom. The minimum absolute atomic E-state index is 0.0531. The number of nitrogens with one attached hydrogen (secondary N) is 1. The number of aromatic nitrogens is 1. The third kappa shape index (κ3) is 4.01. The molecule has 1 aromatic heterocycles. The normalized spacial score (nSPS) is 20.5. The molecule has 8 heteroatoms. The molecule has 1 unspecified atom stereocenters. The van der Waals surface area contributed by atoms with Gasteiger partial charge in [-0.25, -0.2) is 0 Å². The molecule has 7 nitrogen and oxygen atoms in total. The quantitative estimate of drug-likeness (QED) is 0.451. The van der Waals surface area contributed by atoms with Gasteiger partial charge < -0.3 is 10.2 Å². The Bertz CT molecular complexity index is 871. The van der Waals surface area contributed by atoms with Crippen LogP contribution in [-0.4, -0.2) is 27.7 Å². The fourth-order valence-electron chi connectivity index (χ4n) is 3.58. The maximum Gasteiger partial charge on any atom is 0.269 e. The zero-order valence-electron chi connectivity index (χ0n) is 15.6. The molecule has 1 fully saturated rings. The number of hydrogen-bond donors (Lipinski definition) is 1. The first-order chi connectivity index (χ1) is 13.6. The van der Waals surface area contributed by atoms with Crippen molar-refractivity contribution in [1.82, 2.24) is 10.3 Å².